The van der Waals surface area contributed by atoms with Crippen molar-refractivity contribution in [3.63, 3.8) is 0 Å². The maximum atomic E-state index is 12.1. The number of carbonyl (C=O) groups excluding carboxylic acids is 3. The van der Waals surface area contributed by atoms with Crippen LogP contribution in [-0.2, 0) is 14.4 Å². The first-order valence-corrected chi connectivity index (χ1v) is 7.33. The topological polar surface area (TPSA) is 105 Å². The Labute approximate surface area is 134 Å². The van der Waals surface area contributed by atoms with Crippen LogP contribution in [-0.4, -0.2) is 60.3 Å². The molecule has 0 unspecified atom stereocenters. The number of ether oxygens (including phenoxy) is 1. The summed E-state index contributed by atoms with van der Waals surface area (Å²) < 4.78 is 5.42. The van der Waals surface area contributed by atoms with Crippen molar-refractivity contribution < 1.29 is 19.1 Å². The van der Waals surface area contributed by atoms with E-state index in [0.29, 0.717) is 31.9 Å². The molecule has 0 atom stereocenters. The second-order valence-electron chi connectivity index (χ2n) is 5.11. The molecule has 2 rings (SSSR count). The third-order valence-electron chi connectivity index (χ3n) is 3.56. The lowest BCUT2D eigenvalue weighted by atomic mass is 10.2. The third kappa shape index (κ3) is 4.96. The van der Waals surface area contributed by atoms with Crippen LogP contribution in [0.2, 0.25) is 0 Å². The third-order valence-corrected chi connectivity index (χ3v) is 3.56. The van der Waals surface area contributed by atoms with Crippen LogP contribution in [0.3, 0.4) is 0 Å². The fourth-order valence-corrected chi connectivity index (χ4v) is 2.26. The average molecular weight is 320 g/mol. The van der Waals surface area contributed by atoms with Crippen molar-refractivity contribution in [3.05, 3.63) is 30.3 Å². The number of hydrazine groups is 1. The summed E-state index contributed by atoms with van der Waals surface area (Å²) in [6.07, 6.45) is -0.276. The van der Waals surface area contributed by atoms with Crippen molar-refractivity contribution in [3.8, 4) is 5.75 Å². The Bertz CT molecular complexity index is 556. The lowest BCUT2D eigenvalue weighted by molar-refractivity contribution is -0.142. The van der Waals surface area contributed by atoms with E-state index in [1.807, 2.05) is 23.6 Å². The molecule has 8 heteroatoms. The zero-order valence-corrected chi connectivity index (χ0v) is 12.7. The molecule has 1 aliphatic rings. The van der Waals surface area contributed by atoms with Gasteiger partial charge in [0, 0.05) is 26.2 Å². The molecule has 0 saturated carbocycles. The number of nitrogens with zero attached hydrogens (tertiary/aromatic N) is 2. The van der Waals surface area contributed by atoms with Crippen LogP contribution < -0.4 is 16.0 Å². The second kappa shape index (κ2) is 8.14. The Morgan fingerprint density at radius 1 is 1.00 bits per heavy atom. The van der Waals surface area contributed by atoms with Crippen molar-refractivity contribution in [2.24, 2.45) is 5.84 Å². The maximum Gasteiger partial charge on any atom is 0.260 e. The summed E-state index contributed by atoms with van der Waals surface area (Å²) in [6.45, 7) is 1.61. The molecule has 0 spiro atoms. The Balaban J connectivity index is 1.74. The van der Waals surface area contributed by atoms with Crippen molar-refractivity contribution >= 4 is 17.7 Å². The normalized spacial score (nSPS) is 14.3. The Kier molecular flexibility index (Phi) is 5.93. The first kappa shape index (κ1) is 16.8. The fourth-order valence-electron chi connectivity index (χ4n) is 2.26. The van der Waals surface area contributed by atoms with E-state index in [0.717, 1.165) is 0 Å². The first-order chi connectivity index (χ1) is 11.1. The van der Waals surface area contributed by atoms with Crippen LogP contribution in [0.15, 0.2) is 30.3 Å². The number of nitrogens with two attached hydrogens (primary N) is 1. The highest BCUT2D eigenvalue weighted by Crippen LogP contribution is 2.09. The number of hydrogen-bond acceptors (Lipinski definition) is 5. The van der Waals surface area contributed by atoms with Crippen LogP contribution >= 0.6 is 0 Å². The van der Waals surface area contributed by atoms with E-state index in [1.165, 1.54) is 0 Å². The zero-order chi connectivity index (χ0) is 16.7. The van der Waals surface area contributed by atoms with Crippen LogP contribution in [0.5, 0.6) is 5.75 Å². The molecule has 124 valence electrons. The average Bonchev–Trinajstić information content (AvgIpc) is 2.60. The molecule has 1 fully saturated rings. The van der Waals surface area contributed by atoms with Crippen LogP contribution in [0.25, 0.3) is 0 Å². The van der Waals surface area contributed by atoms with E-state index >= 15 is 0 Å². The monoisotopic (exact) mass is 320 g/mol. The molecule has 8 nitrogen and oxygen atoms in total. The standard InChI is InChI=1S/C15H20N4O4/c16-17-13(20)10-14(21)18-6-8-19(9-7-18)15(22)11-23-12-4-2-1-3-5-12/h1-5H,6-11,16H2,(H,17,20). The summed E-state index contributed by atoms with van der Waals surface area (Å²) in [5.41, 5.74) is 1.93. The van der Waals surface area contributed by atoms with Crippen LogP contribution in [0.4, 0.5) is 0 Å². The molecular formula is C15H20N4O4. The molecule has 1 aromatic rings. The van der Waals surface area contributed by atoms with Gasteiger partial charge in [0.2, 0.25) is 11.8 Å². The number of piperazine rings is 1. The molecule has 3 amide bonds. The molecule has 0 radical (unpaired) electrons. The minimum absolute atomic E-state index is 0.0342. The highest BCUT2D eigenvalue weighted by Gasteiger charge is 2.25. The van der Waals surface area contributed by atoms with Gasteiger partial charge in [-0.3, -0.25) is 19.8 Å². The Hall–Kier alpha value is -2.61. The van der Waals surface area contributed by atoms with Gasteiger partial charge < -0.3 is 14.5 Å². The molecule has 1 saturated heterocycles. The zero-order valence-electron chi connectivity index (χ0n) is 12.7. The maximum absolute atomic E-state index is 12.1. The molecule has 1 heterocycles. The van der Waals surface area contributed by atoms with Gasteiger partial charge in [-0.25, -0.2) is 5.84 Å². The number of nitrogens with one attached hydrogen (secondary N) is 1. The van der Waals surface area contributed by atoms with Gasteiger partial charge in [0.15, 0.2) is 6.61 Å². The largest absolute Gasteiger partial charge is 0.484 e. The number of carbonyl (C=O) groups is 3. The molecule has 23 heavy (non-hydrogen) atoms. The van der Waals surface area contributed by atoms with E-state index in [-0.39, 0.29) is 24.8 Å². The summed E-state index contributed by atoms with van der Waals surface area (Å²) in [5, 5.41) is 0. The number of benzene rings is 1. The highest BCUT2D eigenvalue weighted by molar-refractivity contribution is 5.96. The summed E-state index contributed by atoms with van der Waals surface area (Å²) in [7, 11) is 0. The quantitative estimate of drug-likeness (QED) is 0.317. The van der Waals surface area contributed by atoms with Gasteiger partial charge in [-0.15, -0.1) is 0 Å². The molecule has 0 aliphatic carbocycles. The fraction of sp³-hybridized carbons (Fsp3) is 0.400. The van der Waals surface area contributed by atoms with Gasteiger partial charge in [-0.05, 0) is 12.1 Å². The predicted molar refractivity (Wildman–Crippen MR) is 82.0 cm³/mol. The smallest absolute Gasteiger partial charge is 0.260 e. The predicted octanol–water partition coefficient (Wildman–Crippen LogP) is -0.884. The van der Waals surface area contributed by atoms with Gasteiger partial charge in [0.25, 0.3) is 5.91 Å². The van der Waals surface area contributed by atoms with Crippen LogP contribution in [0, 0.1) is 0 Å². The molecule has 3 N–H and O–H groups in total. The molecule has 1 aliphatic heterocycles. The minimum atomic E-state index is -0.523. The number of hydrogen-bond donors (Lipinski definition) is 2. The van der Waals surface area contributed by atoms with E-state index in [2.05, 4.69) is 0 Å². The first-order valence-electron chi connectivity index (χ1n) is 7.33. The molecule has 1 aromatic carbocycles. The van der Waals surface area contributed by atoms with E-state index < -0.39 is 5.91 Å². The number of amides is 3. The van der Waals surface area contributed by atoms with Crippen molar-refractivity contribution in [1.29, 1.82) is 0 Å². The molecule has 0 aromatic heterocycles. The number of rotatable bonds is 5. The Morgan fingerprint density at radius 3 is 2.13 bits per heavy atom. The van der Waals surface area contributed by atoms with Gasteiger partial charge in [-0.1, -0.05) is 18.2 Å². The van der Waals surface area contributed by atoms with Crippen LogP contribution in [0.1, 0.15) is 6.42 Å². The van der Waals surface area contributed by atoms with Crippen molar-refractivity contribution in [2.45, 2.75) is 6.42 Å². The van der Waals surface area contributed by atoms with Gasteiger partial charge in [-0.2, -0.15) is 0 Å². The van der Waals surface area contributed by atoms with Gasteiger partial charge in [0.05, 0.1) is 0 Å². The van der Waals surface area contributed by atoms with E-state index in [4.69, 9.17) is 10.6 Å². The van der Waals surface area contributed by atoms with E-state index in [1.54, 1.807) is 21.9 Å². The second-order valence-corrected chi connectivity index (χ2v) is 5.11. The Morgan fingerprint density at radius 2 is 1.57 bits per heavy atom. The summed E-state index contributed by atoms with van der Waals surface area (Å²) >= 11 is 0. The summed E-state index contributed by atoms with van der Waals surface area (Å²) in [4.78, 5) is 38.2. The SMILES string of the molecule is NNC(=O)CC(=O)N1CCN(C(=O)COc2ccccc2)CC1. The lowest BCUT2D eigenvalue weighted by Gasteiger charge is -2.34. The van der Waals surface area contributed by atoms with Gasteiger partial charge in [0.1, 0.15) is 12.2 Å². The molecular weight excluding hydrogens is 300 g/mol. The summed E-state index contributed by atoms with van der Waals surface area (Å²) in [5.74, 6) is 4.66. The molecule has 0 bridgehead atoms. The van der Waals surface area contributed by atoms with E-state index in [9.17, 15) is 14.4 Å². The minimum Gasteiger partial charge on any atom is -0.484 e. The van der Waals surface area contributed by atoms with Crippen molar-refractivity contribution in [2.75, 3.05) is 32.8 Å². The lowest BCUT2D eigenvalue weighted by Crippen LogP contribution is -2.52. The summed E-state index contributed by atoms with van der Waals surface area (Å²) in [6, 6.07) is 9.11. The van der Waals surface area contributed by atoms with Gasteiger partial charge >= 0.3 is 0 Å². The van der Waals surface area contributed by atoms with Crippen molar-refractivity contribution in [1.82, 2.24) is 15.2 Å². The highest BCUT2D eigenvalue weighted by atomic mass is 16.5. The number of para-hydroxylation sites is 1.